The molecule has 0 atom stereocenters. The second kappa shape index (κ2) is 16.4. The van der Waals surface area contributed by atoms with Gasteiger partial charge in [-0.05, 0) is 35.4 Å². The zero-order valence-electron chi connectivity index (χ0n) is 21.4. The number of hydrogen-bond donors (Lipinski definition) is 2. The van der Waals surface area contributed by atoms with Crippen molar-refractivity contribution in [1.29, 1.82) is 0 Å². The fourth-order valence-corrected chi connectivity index (χ4v) is 3.09. The number of benzene rings is 3. The van der Waals surface area contributed by atoms with E-state index in [4.69, 9.17) is 19.4 Å². The molecule has 3 aromatic carbocycles. The maximum Gasteiger partial charge on any atom is 0.300 e. The van der Waals surface area contributed by atoms with Crippen LogP contribution in [0.2, 0.25) is 0 Å². The summed E-state index contributed by atoms with van der Waals surface area (Å²) in [4.78, 5) is 21.7. The van der Waals surface area contributed by atoms with E-state index in [9.17, 15) is 10.0 Å². The molecule has 4 rings (SSSR count). The number of azo groups is 1. The average Bonchev–Trinajstić information content (AvgIpc) is 2.92. The quantitative estimate of drug-likeness (QED) is 0.243. The van der Waals surface area contributed by atoms with Crippen LogP contribution in [0.3, 0.4) is 0 Å². The van der Waals surface area contributed by atoms with E-state index in [2.05, 4.69) is 10.2 Å². The zero-order chi connectivity index (χ0) is 27.2. The summed E-state index contributed by atoms with van der Waals surface area (Å²) >= 11 is 0. The van der Waals surface area contributed by atoms with Crippen LogP contribution in [0.15, 0.2) is 125 Å². The summed E-state index contributed by atoms with van der Waals surface area (Å²) in [7, 11) is 0. The van der Waals surface area contributed by atoms with Gasteiger partial charge in [0.2, 0.25) is 0 Å². The van der Waals surface area contributed by atoms with Crippen LogP contribution in [0, 0.1) is 0 Å². The number of nitrogens with zero attached hydrogens (tertiary/aromatic N) is 3. The number of carboxylic acid groups (broad SMARTS) is 1. The van der Waals surface area contributed by atoms with Crippen molar-refractivity contribution in [2.45, 2.75) is 20.1 Å². The van der Waals surface area contributed by atoms with Crippen molar-refractivity contribution in [3.05, 3.63) is 132 Å². The zero-order valence-corrected chi connectivity index (χ0v) is 24.3. The van der Waals surface area contributed by atoms with E-state index < -0.39 is 11.9 Å². The van der Waals surface area contributed by atoms with Gasteiger partial charge in [-0.25, -0.2) is 5.06 Å². The number of amides is 1. The van der Waals surface area contributed by atoms with Crippen LogP contribution in [-0.4, -0.2) is 27.3 Å². The van der Waals surface area contributed by atoms with Gasteiger partial charge in [0.15, 0.2) is 0 Å². The van der Waals surface area contributed by atoms with E-state index in [0.29, 0.717) is 30.4 Å². The fourth-order valence-electron chi connectivity index (χ4n) is 3.09. The van der Waals surface area contributed by atoms with Gasteiger partial charge in [0.25, 0.3) is 11.9 Å². The minimum absolute atomic E-state index is 0. The minimum atomic E-state index is -0.833. The third kappa shape index (κ3) is 11.3. The number of allylic oxidation sites excluding steroid dienone is 3. The molecule has 1 amide bonds. The maximum atomic E-state index is 12.7. The predicted octanol–water partition coefficient (Wildman–Crippen LogP) is 6.14. The second-order valence-electron chi connectivity index (χ2n) is 7.88. The number of hydrogen-bond acceptors (Lipinski definition) is 7. The van der Waals surface area contributed by atoms with Crippen molar-refractivity contribution in [3.63, 3.8) is 0 Å². The normalized spacial score (nSPS) is 12.9. The Morgan fingerprint density at radius 1 is 0.872 bits per heavy atom. The van der Waals surface area contributed by atoms with Crippen LogP contribution in [0.25, 0.3) is 0 Å². The smallest absolute Gasteiger partial charge is 0.300 e. The van der Waals surface area contributed by atoms with Crippen LogP contribution < -0.4 is 9.47 Å². The van der Waals surface area contributed by atoms with E-state index >= 15 is 0 Å². The molecule has 0 bridgehead atoms. The monoisotopic (exact) mass is 577 g/mol. The van der Waals surface area contributed by atoms with Gasteiger partial charge in [0.05, 0.1) is 17.5 Å². The molecule has 3 aromatic rings. The van der Waals surface area contributed by atoms with Gasteiger partial charge < -0.3 is 14.6 Å². The van der Waals surface area contributed by atoms with E-state index in [-0.39, 0.29) is 25.0 Å². The first-order valence-electron chi connectivity index (χ1n) is 11.6. The number of carboxylic acids is 1. The molecule has 39 heavy (non-hydrogen) atoms. The first kappa shape index (κ1) is 30.8. The number of hydroxylamine groups is 2. The van der Waals surface area contributed by atoms with Gasteiger partial charge in [-0.2, -0.15) is 5.11 Å². The Balaban J connectivity index is 0.000000998. The van der Waals surface area contributed by atoms with Crippen molar-refractivity contribution in [1.82, 2.24) is 5.06 Å². The molecule has 0 saturated heterocycles. The van der Waals surface area contributed by atoms with Gasteiger partial charge in [-0.3, -0.25) is 14.8 Å². The molecule has 10 heteroatoms. The Morgan fingerprint density at radius 2 is 1.38 bits per heavy atom. The Labute approximate surface area is 239 Å². The molecule has 0 saturated carbocycles. The number of rotatable bonds is 8. The summed E-state index contributed by atoms with van der Waals surface area (Å²) in [6, 6.07) is 24.4. The van der Waals surface area contributed by atoms with Gasteiger partial charge in [0.1, 0.15) is 24.7 Å². The summed E-state index contributed by atoms with van der Waals surface area (Å²) in [5.41, 5.74) is 2.66. The maximum absolute atomic E-state index is 12.7. The molecule has 0 unspecified atom stereocenters. The van der Waals surface area contributed by atoms with Crippen LogP contribution in [0.4, 0.5) is 0 Å². The fraction of sp³-hybridized carbons (Fsp3) is 0.103. The molecule has 0 fully saturated rings. The molecule has 1 aliphatic rings. The molecule has 0 aliphatic carbocycles. The molecule has 0 radical (unpaired) electrons. The molecule has 2 N–H and O–H groups in total. The topological polar surface area (TPSA) is 121 Å². The third-order valence-electron chi connectivity index (χ3n) is 4.83. The van der Waals surface area contributed by atoms with Gasteiger partial charge in [0, 0.05) is 38.7 Å². The van der Waals surface area contributed by atoms with Gasteiger partial charge in [-0.15, -0.1) is 5.11 Å². The summed E-state index contributed by atoms with van der Waals surface area (Å²) in [5, 5.41) is 25.6. The van der Waals surface area contributed by atoms with E-state index in [0.717, 1.165) is 23.1 Å². The second-order valence-corrected chi connectivity index (χ2v) is 7.88. The molecular formula is C29H27N3O6Zn. The van der Waals surface area contributed by atoms with E-state index in [1.807, 2.05) is 60.7 Å². The number of aliphatic carboxylic acids is 1. The van der Waals surface area contributed by atoms with Crippen LogP contribution in [0.1, 0.15) is 28.4 Å². The molecular weight excluding hydrogens is 552 g/mol. The first-order chi connectivity index (χ1) is 18.4. The number of carbonyl (C=O) groups is 2. The molecule has 1 heterocycles. The SMILES string of the molecule is CC(=O)O.O=C(N=N/C=C1/C=CC=CN1O)c1cc(OCc2ccccc2)cc(OCc2ccccc2)c1.[Zn]. The van der Waals surface area contributed by atoms with Crippen molar-refractivity contribution in [2.75, 3.05) is 0 Å². The molecule has 0 spiro atoms. The summed E-state index contributed by atoms with van der Waals surface area (Å²) in [5.74, 6) is -0.437. The number of carbonyl (C=O) groups excluding carboxylic acids is 1. The average molecular weight is 579 g/mol. The van der Waals surface area contributed by atoms with E-state index in [1.165, 1.54) is 12.4 Å². The van der Waals surface area contributed by atoms with Gasteiger partial charge in [-0.1, -0.05) is 66.7 Å². The Bertz CT molecular complexity index is 1280. The summed E-state index contributed by atoms with van der Waals surface area (Å²) in [6.45, 7) is 1.77. The molecule has 0 aromatic heterocycles. The molecule has 1 aliphatic heterocycles. The Morgan fingerprint density at radius 3 is 1.87 bits per heavy atom. The number of ether oxygens (including phenoxy) is 2. The van der Waals surface area contributed by atoms with E-state index in [1.54, 1.807) is 36.4 Å². The Kier molecular flexibility index (Phi) is 13.0. The summed E-state index contributed by atoms with van der Waals surface area (Å²) in [6.07, 6.45) is 7.78. The first-order valence-corrected chi connectivity index (χ1v) is 11.6. The molecule has 9 nitrogen and oxygen atoms in total. The van der Waals surface area contributed by atoms with Crippen LogP contribution >= 0.6 is 0 Å². The van der Waals surface area contributed by atoms with Crippen LogP contribution in [-0.2, 0) is 37.5 Å². The Hall–Kier alpha value is -4.40. The summed E-state index contributed by atoms with van der Waals surface area (Å²) < 4.78 is 11.8. The third-order valence-corrected chi connectivity index (χ3v) is 4.83. The minimum Gasteiger partial charge on any atom is -0.489 e. The van der Waals surface area contributed by atoms with Crippen LogP contribution in [0.5, 0.6) is 11.5 Å². The molecule has 196 valence electrons. The van der Waals surface area contributed by atoms with Crippen molar-refractivity contribution in [3.8, 4) is 11.5 Å². The van der Waals surface area contributed by atoms with Crippen molar-refractivity contribution >= 4 is 11.9 Å². The van der Waals surface area contributed by atoms with Crippen molar-refractivity contribution in [2.24, 2.45) is 10.2 Å². The standard InChI is InChI=1S/C27H23N3O4.C2H4O2.Zn/c31-27(29-28-18-24-13-7-8-14-30(24)32)23-15-25(33-19-21-9-3-1-4-10-21)17-26(16-23)34-20-22-11-5-2-6-12-22;1-2(3)4;/h1-18,32H,19-20H2;1H3,(H,3,4);/b24-18-,29-28?;;. The van der Waals surface area contributed by atoms with Gasteiger partial charge >= 0.3 is 0 Å². The largest absolute Gasteiger partial charge is 0.489 e. The predicted molar refractivity (Wildman–Crippen MR) is 140 cm³/mol. The van der Waals surface area contributed by atoms with Crippen molar-refractivity contribution < 1.29 is 48.9 Å².